The summed E-state index contributed by atoms with van der Waals surface area (Å²) in [5, 5.41) is 2.51. The van der Waals surface area contributed by atoms with Crippen molar-refractivity contribution in [1.82, 2.24) is 5.32 Å². The minimum atomic E-state index is -0.101. The van der Waals surface area contributed by atoms with Gasteiger partial charge in [-0.25, -0.2) is 0 Å². The summed E-state index contributed by atoms with van der Waals surface area (Å²) < 4.78 is 0. The van der Waals surface area contributed by atoms with E-state index in [9.17, 15) is 4.79 Å². The molecule has 0 spiro atoms. The van der Waals surface area contributed by atoms with E-state index in [-0.39, 0.29) is 5.91 Å². The molecule has 1 aliphatic rings. The van der Waals surface area contributed by atoms with Crippen molar-refractivity contribution >= 4 is 12.1 Å². The van der Waals surface area contributed by atoms with E-state index in [1.54, 1.807) is 13.3 Å². The van der Waals surface area contributed by atoms with Gasteiger partial charge in [-0.15, -0.1) is 0 Å². The second-order valence-electron chi connectivity index (χ2n) is 2.06. The fourth-order valence-electron chi connectivity index (χ4n) is 0.790. The van der Waals surface area contributed by atoms with Gasteiger partial charge in [0.1, 0.15) is 5.70 Å². The van der Waals surface area contributed by atoms with E-state index in [1.165, 1.54) is 0 Å². The van der Waals surface area contributed by atoms with Crippen LogP contribution in [-0.2, 0) is 4.79 Å². The first-order valence-electron chi connectivity index (χ1n) is 3.29. The Morgan fingerprint density at radius 1 is 1.70 bits per heavy atom. The molecule has 0 aliphatic carbocycles. The molecule has 0 saturated heterocycles. The van der Waals surface area contributed by atoms with E-state index in [0.29, 0.717) is 5.70 Å². The predicted octanol–water partition coefficient (Wildman–Crippen LogP) is 0.481. The van der Waals surface area contributed by atoms with E-state index in [2.05, 4.69) is 10.3 Å². The number of likely N-dealkylation sites (N-methyl/N-ethyl adjacent to an activating group) is 1. The molecular weight excluding hydrogens is 128 g/mol. The van der Waals surface area contributed by atoms with Crippen LogP contribution in [-0.4, -0.2) is 19.2 Å². The Hall–Kier alpha value is -1.12. The zero-order chi connectivity index (χ0) is 7.40. The van der Waals surface area contributed by atoms with Gasteiger partial charge in [-0.05, 0) is 12.8 Å². The first-order chi connectivity index (χ1) is 4.84. The molecule has 0 bridgehead atoms. The summed E-state index contributed by atoms with van der Waals surface area (Å²) in [7, 11) is 1.60. The summed E-state index contributed by atoms with van der Waals surface area (Å²) in [5.41, 5.74) is 0.536. The van der Waals surface area contributed by atoms with Crippen molar-refractivity contribution < 1.29 is 4.79 Å². The highest BCUT2D eigenvalue weighted by Gasteiger charge is 2.05. The van der Waals surface area contributed by atoms with Crippen molar-refractivity contribution in [3.63, 3.8) is 0 Å². The minimum absolute atomic E-state index is 0.101. The highest BCUT2D eigenvalue weighted by molar-refractivity contribution is 5.94. The quantitative estimate of drug-likeness (QED) is 0.562. The van der Waals surface area contributed by atoms with Crippen LogP contribution >= 0.6 is 0 Å². The van der Waals surface area contributed by atoms with Crippen LogP contribution in [0.1, 0.15) is 12.8 Å². The van der Waals surface area contributed by atoms with Gasteiger partial charge in [-0.1, -0.05) is 6.08 Å². The molecule has 0 unspecified atom stereocenters. The molecule has 0 aromatic rings. The lowest BCUT2D eigenvalue weighted by Gasteiger charge is -2.02. The topological polar surface area (TPSA) is 41.5 Å². The average Bonchev–Trinajstić information content (AvgIpc) is 2.05. The normalized spacial score (nSPS) is 16.3. The molecule has 0 aromatic heterocycles. The minimum Gasteiger partial charge on any atom is -0.354 e. The Balaban J connectivity index is 2.63. The summed E-state index contributed by atoms with van der Waals surface area (Å²) in [6.45, 7) is 0. The fraction of sp³-hybridized carbons (Fsp3) is 0.429. The molecule has 10 heavy (non-hydrogen) atoms. The van der Waals surface area contributed by atoms with Crippen LogP contribution < -0.4 is 5.32 Å². The lowest BCUT2D eigenvalue weighted by Crippen LogP contribution is -2.19. The summed E-state index contributed by atoms with van der Waals surface area (Å²) in [4.78, 5) is 14.8. The smallest absolute Gasteiger partial charge is 0.269 e. The summed E-state index contributed by atoms with van der Waals surface area (Å²) >= 11 is 0. The Morgan fingerprint density at radius 2 is 2.50 bits per heavy atom. The number of aliphatic imine (C=N–C) groups is 1. The maximum absolute atomic E-state index is 10.9. The predicted molar refractivity (Wildman–Crippen MR) is 39.9 cm³/mol. The Labute approximate surface area is 59.8 Å². The first-order valence-corrected chi connectivity index (χ1v) is 3.29. The fourth-order valence-corrected chi connectivity index (χ4v) is 0.790. The van der Waals surface area contributed by atoms with Crippen LogP contribution in [0, 0.1) is 0 Å². The Morgan fingerprint density at radius 3 is 3.00 bits per heavy atom. The lowest BCUT2D eigenvalue weighted by atomic mass is 10.2. The van der Waals surface area contributed by atoms with Gasteiger partial charge in [0.05, 0.1) is 0 Å². The van der Waals surface area contributed by atoms with Crippen LogP contribution in [0.5, 0.6) is 0 Å². The number of carbonyl (C=O) groups is 1. The van der Waals surface area contributed by atoms with Crippen molar-refractivity contribution in [2.24, 2.45) is 4.99 Å². The number of allylic oxidation sites excluding steroid dienone is 1. The molecule has 0 fully saturated rings. The highest BCUT2D eigenvalue weighted by Crippen LogP contribution is 2.05. The number of amides is 1. The van der Waals surface area contributed by atoms with Crippen molar-refractivity contribution in [1.29, 1.82) is 0 Å². The Kier molecular flexibility index (Phi) is 2.20. The van der Waals surface area contributed by atoms with Crippen molar-refractivity contribution in [2.75, 3.05) is 7.05 Å². The summed E-state index contributed by atoms with van der Waals surface area (Å²) in [6.07, 6.45) is 5.48. The van der Waals surface area contributed by atoms with Gasteiger partial charge >= 0.3 is 0 Å². The van der Waals surface area contributed by atoms with Gasteiger partial charge in [0.15, 0.2) is 0 Å². The molecular formula is C7H10N2O. The molecule has 0 radical (unpaired) electrons. The molecule has 3 heteroatoms. The van der Waals surface area contributed by atoms with Gasteiger partial charge in [0.2, 0.25) is 0 Å². The lowest BCUT2D eigenvalue weighted by molar-refractivity contribution is -0.117. The zero-order valence-electron chi connectivity index (χ0n) is 5.92. The first kappa shape index (κ1) is 6.99. The number of hydrogen-bond acceptors (Lipinski definition) is 2. The van der Waals surface area contributed by atoms with Gasteiger partial charge in [-0.3, -0.25) is 9.79 Å². The van der Waals surface area contributed by atoms with Gasteiger partial charge < -0.3 is 5.32 Å². The molecule has 54 valence electrons. The molecule has 1 aliphatic heterocycles. The van der Waals surface area contributed by atoms with Gasteiger partial charge in [-0.2, -0.15) is 0 Å². The number of rotatable bonds is 1. The van der Waals surface area contributed by atoms with E-state index < -0.39 is 0 Å². The van der Waals surface area contributed by atoms with E-state index in [0.717, 1.165) is 12.8 Å². The maximum atomic E-state index is 10.9. The van der Waals surface area contributed by atoms with E-state index in [4.69, 9.17) is 0 Å². The molecule has 1 N–H and O–H groups in total. The zero-order valence-corrected chi connectivity index (χ0v) is 5.92. The monoisotopic (exact) mass is 138 g/mol. The number of nitrogens with zero attached hydrogens (tertiary/aromatic N) is 1. The third-order valence-electron chi connectivity index (χ3n) is 1.32. The largest absolute Gasteiger partial charge is 0.354 e. The number of nitrogens with one attached hydrogen (secondary N) is 1. The molecule has 0 aromatic carbocycles. The SMILES string of the molecule is CNC(=O)C1=CCCC=N1. The standard InChI is InChI=1S/C7H10N2O/c1-8-7(10)6-4-2-3-5-9-6/h4-5H,2-3H2,1H3,(H,8,10). The van der Waals surface area contributed by atoms with E-state index in [1.807, 2.05) is 6.08 Å². The summed E-state index contributed by atoms with van der Waals surface area (Å²) in [6, 6.07) is 0. The molecule has 1 heterocycles. The van der Waals surface area contributed by atoms with Crippen molar-refractivity contribution in [3.8, 4) is 0 Å². The number of hydrogen-bond donors (Lipinski definition) is 1. The average molecular weight is 138 g/mol. The second kappa shape index (κ2) is 3.15. The maximum Gasteiger partial charge on any atom is 0.269 e. The van der Waals surface area contributed by atoms with Crippen LogP contribution in [0.4, 0.5) is 0 Å². The van der Waals surface area contributed by atoms with Crippen LogP contribution in [0.3, 0.4) is 0 Å². The Bertz CT molecular complexity index is 194. The van der Waals surface area contributed by atoms with Crippen molar-refractivity contribution in [3.05, 3.63) is 11.8 Å². The van der Waals surface area contributed by atoms with Crippen molar-refractivity contribution in [2.45, 2.75) is 12.8 Å². The van der Waals surface area contributed by atoms with Gasteiger partial charge in [0.25, 0.3) is 5.91 Å². The second-order valence-corrected chi connectivity index (χ2v) is 2.06. The third kappa shape index (κ3) is 1.43. The van der Waals surface area contributed by atoms with Gasteiger partial charge in [0, 0.05) is 13.3 Å². The molecule has 1 amide bonds. The molecule has 3 nitrogen and oxygen atoms in total. The molecule has 1 rings (SSSR count). The highest BCUT2D eigenvalue weighted by atomic mass is 16.1. The molecule has 0 atom stereocenters. The molecule has 0 saturated carbocycles. The van der Waals surface area contributed by atoms with Crippen LogP contribution in [0.2, 0.25) is 0 Å². The number of carbonyl (C=O) groups excluding carboxylic acids is 1. The summed E-state index contributed by atoms with van der Waals surface area (Å²) in [5.74, 6) is -0.101. The van der Waals surface area contributed by atoms with E-state index >= 15 is 0 Å². The third-order valence-corrected chi connectivity index (χ3v) is 1.32. The van der Waals surface area contributed by atoms with Crippen LogP contribution in [0.25, 0.3) is 0 Å². The van der Waals surface area contributed by atoms with Crippen LogP contribution in [0.15, 0.2) is 16.8 Å².